The maximum Gasteiger partial charge on any atom is 0.151 e. The van der Waals surface area contributed by atoms with E-state index in [-0.39, 0.29) is 0 Å². The molecule has 0 spiro atoms. The van der Waals surface area contributed by atoms with Gasteiger partial charge in [-0.25, -0.2) is 0 Å². The monoisotopic (exact) mass is 349 g/mol. The topological polar surface area (TPSA) is 41.7 Å². The number of hydrogen-bond donors (Lipinski definition) is 0. The molecule has 0 aliphatic carbocycles. The molecule has 1 aliphatic heterocycles. The van der Waals surface area contributed by atoms with Crippen molar-refractivity contribution < 1.29 is 9.26 Å². The van der Waals surface area contributed by atoms with Gasteiger partial charge in [0.15, 0.2) is 5.76 Å². The number of methoxy groups -OCH3 is 1. The molecule has 0 unspecified atom stereocenters. The van der Waals surface area contributed by atoms with Crippen LogP contribution in [0.1, 0.15) is 5.76 Å². The second kappa shape index (κ2) is 7.62. The molecule has 2 heterocycles. The molecule has 0 N–H and O–H groups in total. The number of nitrogens with zero attached hydrogens (tertiary/aromatic N) is 3. The summed E-state index contributed by atoms with van der Waals surface area (Å²) in [6.07, 6.45) is 0. The lowest BCUT2D eigenvalue weighted by atomic mass is 10.1. The molecule has 134 valence electrons. The Morgan fingerprint density at radius 3 is 2.38 bits per heavy atom. The van der Waals surface area contributed by atoms with Gasteiger partial charge in [-0.05, 0) is 24.3 Å². The zero-order valence-corrected chi connectivity index (χ0v) is 15.0. The fourth-order valence-electron chi connectivity index (χ4n) is 3.31. The first-order chi connectivity index (χ1) is 12.8. The largest absolute Gasteiger partial charge is 0.497 e. The summed E-state index contributed by atoms with van der Waals surface area (Å²) in [6.45, 7) is 4.83. The minimum atomic E-state index is 0.802. The molecular weight excluding hydrogens is 326 g/mol. The van der Waals surface area contributed by atoms with Gasteiger partial charge in [0.25, 0.3) is 0 Å². The molecule has 0 bridgehead atoms. The normalized spacial score (nSPS) is 15.2. The molecule has 4 rings (SSSR count). The molecule has 1 aromatic heterocycles. The van der Waals surface area contributed by atoms with Crippen LogP contribution in [0.2, 0.25) is 0 Å². The average Bonchev–Trinajstić information content (AvgIpc) is 3.18. The van der Waals surface area contributed by atoms with Crippen LogP contribution in [0.15, 0.2) is 65.2 Å². The van der Waals surface area contributed by atoms with Crippen LogP contribution < -0.4 is 9.64 Å². The maximum absolute atomic E-state index is 5.54. The number of rotatable bonds is 5. The maximum atomic E-state index is 5.54. The number of aromatic nitrogens is 1. The lowest BCUT2D eigenvalue weighted by Gasteiger charge is -2.35. The summed E-state index contributed by atoms with van der Waals surface area (Å²) in [5.74, 6) is 1.81. The van der Waals surface area contributed by atoms with Gasteiger partial charge in [0, 0.05) is 43.5 Å². The third-order valence-electron chi connectivity index (χ3n) is 4.82. The van der Waals surface area contributed by atoms with Crippen molar-refractivity contribution in [2.45, 2.75) is 6.54 Å². The molecule has 0 radical (unpaired) electrons. The van der Waals surface area contributed by atoms with E-state index in [1.807, 2.05) is 36.4 Å². The molecule has 5 nitrogen and oxygen atoms in total. The van der Waals surface area contributed by atoms with Gasteiger partial charge in [-0.2, -0.15) is 0 Å². The highest BCUT2D eigenvalue weighted by Crippen LogP contribution is 2.22. The Hall–Kier alpha value is -2.79. The fraction of sp³-hybridized carbons (Fsp3) is 0.286. The van der Waals surface area contributed by atoms with E-state index < -0.39 is 0 Å². The lowest BCUT2D eigenvalue weighted by Crippen LogP contribution is -2.45. The zero-order valence-electron chi connectivity index (χ0n) is 15.0. The van der Waals surface area contributed by atoms with E-state index in [2.05, 4.69) is 39.2 Å². The molecule has 3 aromatic rings. The molecule has 5 heteroatoms. The van der Waals surface area contributed by atoms with Crippen molar-refractivity contribution >= 4 is 5.69 Å². The molecule has 0 atom stereocenters. The van der Waals surface area contributed by atoms with Crippen molar-refractivity contribution in [2.24, 2.45) is 0 Å². The Morgan fingerprint density at radius 1 is 0.962 bits per heavy atom. The van der Waals surface area contributed by atoms with Crippen LogP contribution in [-0.2, 0) is 6.54 Å². The first-order valence-electron chi connectivity index (χ1n) is 8.94. The Bertz CT molecular complexity index is 822. The number of ether oxygens (including phenoxy) is 1. The SMILES string of the molecule is COc1ccc(N2CCN(Cc3cc(-c4ccccc4)no3)CC2)cc1. The van der Waals surface area contributed by atoms with E-state index in [1.54, 1.807) is 7.11 Å². The highest BCUT2D eigenvalue weighted by molar-refractivity contribution is 5.58. The van der Waals surface area contributed by atoms with Gasteiger partial charge in [0.2, 0.25) is 0 Å². The van der Waals surface area contributed by atoms with Crippen LogP contribution in [0.25, 0.3) is 11.3 Å². The second-order valence-electron chi connectivity index (χ2n) is 6.51. The van der Waals surface area contributed by atoms with Crippen molar-refractivity contribution in [2.75, 3.05) is 38.2 Å². The minimum absolute atomic E-state index is 0.802. The third kappa shape index (κ3) is 3.73. The first-order valence-corrected chi connectivity index (χ1v) is 8.94. The predicted molar refractivity (Wildman–Crippen MR) is 102 cm³/mol. The Labute approximate surface area is 153 Å². The fourth-order valence-corrected chi connectivity index (χ4v) is 3.31. The van der Waals surface area contributed by atoms with Gasteiger partial charge in [0.1, 0.15) is 11.4 Å². The van der Waals surface area contributed by atoms with Gasteiger partial charge in [0.05, 0.1) is 13.7 Å². The quantitative estimate of drug-likeness (QED) is 0.703. The standard InChI is InChI=1S/C21H23N3O2/c1-25-19-9-7-18(8-10-19)24-13-11-23(12-14-24)16-20-15-21(22-26-20)17-5-3-2-4-6-17/h2-10,15H,11-14,16H2,1H3. The second-order valence-corrected chi connectivity index (χ2v) is 6.51. The van der Waals surface area contributed by atoms with Crippen molar-refractivity contribution in [1.82, 2.24) is 10.1 Å². The predicted octanol–water partition coefficient (Wildman–Crippen LogP) is 3.67. The summed E-state index contributed by atoms with van der Waals surface area (Å²) in [5, 5.41) is 4.21. The van der Waals surface area contributed by atoms with Gasteiger partial charge in [-0.3, -0.25) is 4.90 Å². The number of anilines is 1. The molecule has 26 heavy (non-hydrogen) atoms. The van der Waals surface area contributed by atoms with E-state index in [0.717, 1.165) is 55.5 Å². The Balaban J connectivity index is 1.33. The molecule has 0 amide bonds. The highest BCUT2D eigenvalue weighted by atomic mass is 16.5. The minimum Gasteiger partial charge on any atom is -0.497 e. The van der Waals surface area contributed by atoms with E-state index >= 15 is 0 Å². The number of hydrogen-bond acceptors (Lipinski definition) is 5. The molecule has 0 saturated carbocycles. The molecule has 1 saturated heterocycles. The molecule has 2 aromatic carbocycles. The average molecular weight is 349 g/mol. The van der Waals surface area contributed by atoms with E-state index in [4.69, 9.17) is 9.26 Å². The summed E-state index contributed by atoms with van der Waals surface area (Å²) in [7, 11) is 1.69. The van der Waals surface area contributed by atoms with Gasteiger partial charge >= 0.3 is 0 Å². The van der Waals surface area contributed by atoms with Crippen LogP contribution >= 0.6 is 0 Å². The number of piperazine rings is 1. The van der Waals surface area contributed by atoms with Crippen LogP contribution in [0, 0.1) is 0 Å². The smallest absolute Gasteiger partial charge is 0.151 e. The highest BCUT2D eigenvalue weighted by Gasteiger charge is 2.19. The Morgan fingerprint density at radius 2 is 1.69 bits per heavy atom. The van der Waals surface area contributed by atoms with Crippen LogP contribution in [0.5, 0.6) is 5.75 Å². The van der Waals surface area contributed by atoms with Crippen LogP contribution in [-0.4, -0.2) is 43.3 Å². The van der Waals surface area contributed by atoms with Crippen molar-refractivity contribution in [3.63, 3.8) is 0 Å². The summed E-state index contributed by atoms with van der Waals surface area (Å²) in [5.41, 5.74) is 3.24. The molecule has 1 aliphatic rings. The van der Waals surface area contributed by atoms with E-state index in [1.165, 1.54) is 5.69 Å². The first kappa shape index (κ1) is 16.7. The van der Waals surface area contributed by atoms with Crippen molar-refractivity contribution in [1.29, 1.82) is 0 Å². The summed E-state index contributed by atoms with van der Waals surface area (Å²) in [6, 6.07) is 20.5. The molecule has 1 fully saturated rings. The Kier molecular flexibility index (Phi) is 4.88. The van der Waals surface area contributed by atoms with Crippen LogP contribution in [0.4, 0.5) is 5.69 Å². The third-order valence-corrected chi connectivity index (χ3v) is 4.82. The summed E-state index contributed by atoms with van der Waals surface area (Å²) < 4.78 is 10.8. The summed E-state index contributed by atoms with van der Waals surface area (Å²) in [4.78, 5) is 4.82. The zero-order chi connectivity index (χ0) is 17.8. The van der Waals surface area contributed by atoms with Gasteiger partial charge in [-0.15, -0.1) is 0 Å². The number of benzene rings is 2. The lowest BCUT2D eigenvalue weighted by molar-refractivity contribution is 0.220. The van der Waals surface area contributed by atoms with Crippen molar-refractivity contribution in [3.8, 4) is 17.0 Å². The van der Waals surface area contributed by atoms with E-state index in [0.29, 0.717) is 0 Å². The van der Waals surface area contributed by atoms with Crippen molar-refractivity contribution in [3.05, 3.63) is 66.4 Å². The van der Waals surface area contributed by atoms with E-state index in [9.17, 15) is 0 Å². The molecular formula is C21H23N3O2. The van der Waals surface area contributed by atoms with Gasteiger partial charge in [-0.1, -0.05) is 35.5 Å². The van der Waals surface area contributed by atoms with Crippen LogP contribution in [0.3, 0.4) is 0 Å². The summed E-state index contributed by atoms with van der Waals surface area (Å²) >= 11 is 0. The van der Waals surface area contributed by atoms with Gasteiger partial charge < -0.3 is 14.2 Å².